The fourth-order valence-electron chi connectivity index (χ4n) is 4.76. The van der Waals surface area contributed by atoms with Crippen molar-refractivity contribution in [2.45, 2.75) is 39.8 Å². The second kappa shape index (κ2) is 8.95. The molecule has 2 aromatic carbocycles. The van der Waals surface area contributed by atoms with E-state index in [1.165, 1.54) is 0 Å². The molecule has 0 spiro atoms. The van der Waals surface area contributed by atoms with Gasteiger partial charge in [-0.3, -0.25) is 9.78 Å². The molecular formula is C27H25BrClN3O3. The molecule has 0 radical (unpaired) electrons. The summed E-state index contributed by atoms with van der Waals surface area (Å²) in [6.45, 7) is 6.80. The highest BCUT2D eigenvalue weighted by molar-refractivity contribution is 9.10. The van der Waals surface area contributed by atoms with Crippen LogP contribution in [0.15, 0.2) is 59.2 Å². The lowest BCUT2D eigenvalue weighted by molar-refractivity contribution is -0.139. The van der Waals surface area contributed by atoms with Gasteiger partial charge in [0.05, 0.1) is 22.2 Å². The largest absolute Gasteiger partial charge is 0.487 e. The maximum Gasteiger partial charge on any atom is 0.307 e. The molecule has 1 aliphatic rings. The molecule has 4 aromatic rings. The van der Waals surface area contributed by atoms with Crippen LogP contribution in [0.25, 0.3) is 11.0 Å². The average Bonchev–Trinajstić information content (AvgIpc) is 3.22. The summed E-state index contributed by atoms with van der Waals surface area (Å²) in [4.78, 5) is 21.2. The van der Waals surface area contributed by atoms with Gasteiger partial charge in [0, 0.05) is 35.3 Å². The Morgan fingerprint density at radius 2 is 1.94 bits per heavy atom. The number of nitrogens with zero attached hydrogens (tertiary/aromatic N) is 3. The third kappa shape index (κ3) is 4.55. The highest BCUT2D eigenvalue weighted by Crippen LogP contribution is 2.64. The quantitative estimate of drug-likeness (QED) is 0.278. The number of rotatable bonds is 7. The van der Waals surface area contributed by atoms with Crippen molar-refractivity contribution >= 4 is 44.5 Å². The number of carboxylic acids is 1. The van der Waals surface area contributed by atoms with Crippen LogP contribution in [-0.4, -0.2) is 25.6 Å². The van der Waals surface area contributed by atoms with Gasteiger partial charge in [0.2, 0.25) is 0 Å². The summed E-state index contributed by atoms with van der Waals surface area (Å²) in [5.41, 5.74) is 4.05. The lowest BCUT2D eigenvalue weighted by Gasteiger charge is -2.12. The molecule has 0 amide bonds. The van der Waals surface area contributed by atoms with Gasteiger partial charge in [-0.25, -0.2) is 4.98 Å². The molecule has 180 valence electrons. The van der Waals surface area contributed by atoms with Gasteiger partial charge >= 0.3 is 5.97 Å². The third-order valence-electron chi connectivity index (χ3n) is 6.80. The second-order valence-corrected chi connectivity index (χ2v) is 11.0. The minimum absolute atomic E-state index is 0.208. The molecule has 2 heterocycles. The van der Waals surface area contributed by atoms with E-state index in [9.17, 15) is 9.90 Å². The Hall–Kier alpha value is -2.90. The van der Waals surface area contributed by atoms with E-state index in [0.717, 1.165) is 32.6 Å². The first-order valence-electron chi connectivity index (χ1n) is 11.4. The van der Waals surface area contributed by atoms with E-state index >= 15 is 0 Å². The zero-order chi connectivity index (χ0) is 24.9. The fraction of sp³-hybridized carbons (Fsp3) is 0.296. The van der Waals surface area contributed by atoms with Crippen molar-refractivity contribution in [3.8, 4) is 5.75 Å². The summed E-state index contributed by atoms with van der Waals surface area (Å²) in [7, 11) is 0. The molecule has 35 heavy (non-hydrogen) atoms. The van der Waals surface area contributed by atoms with Crippen molar-refractivity contribution in [2.24, 2.45) is 11.3 Å². The number of aromatic nitrogens is 3. The third-order valence-corrected chi connectivity index (χ3v) is 7.61. The molecule has 0 bridgehead atoms. The van der Waals surface area contributed by atoms with E-state index in [1.807, 2.05) is 69.4 Å². The molecule has 5 rings (SSSR count). The second-order valence-electron chi connectivity index (χ2n) is 9.69. The Balaban J connectivity index is 1.56. The van der Waals surface area contributed by atoms with E-state index in [2.05, 4.69) is 25.5 Å². The van der Waals surface area contributed by atoms with E-state index < -0.39 is 17.3 Å². The molecule has 6 nitrogen and oxygen atoms in total. The topological polar surface area (TPSA) is 77.2 Å². The molecule has 1 aliphatic carbocycles. The maximum absolute atomic E-state index is 12.0. The lowest BCUT2D eigenvalue weighted by atomic mass is 10.1. The first kappa shape index (κ1) is 23.8. The molecule has 0 aliphatic heterocycles. The van der Waals surface area contributed by atoms with Crippen LogP contribution in [0.3, 0.4) is 0 Å². The predicted molar refractivity (Wildman–Crippen MR) is 139 cm³/mol. The van der Waals surface area contributed by atoms with E-state index in [0.29, 0.717) is 29.4 Å². The zero-order valence-corrected chi connectivity index (χ0v) is 22.0. The smallest absolute Gasteiger partial charge is 0.307 e. The highest BCUT2D eigenvalue weighted by Gasteiger charge is 2.64. The van der Waals surface area contributed by atoms with Crippen LogP contribution in [0.4, 0.5) is 0 Å². The SMILES string of the molecule is Cc1ccc(COc2cc(Cl)c3nc([C@H]4[C@@H](C(=O)O)C4(C)C)n(Cc4ccc(Br)cc4)c3c2)nc1. The number of imidazole rings is 1. The number of benzene rings is 2. The van der Waals surface area contributed by atoms with Gasteiger partial charge in [-0.2, -0.15) is 0 Å². The van der Waals surface area contributed by atoms with Gasteiger partial charge in [0.15, 0.2) is 0 Å². The predicted octanol–water partition coefficient (Wildman–Crippen LogP) is 6.61. The van der Waals surface area contributed by atoms with Crippen molar-refractivity contribution in [3.05, 3.63) is 86.9 Å². The Kier molecular flexibility index (Phi) is 6.09. The van der Waals surface area contributed by atoms with Crippen molar-refractivity contribution in [3.63, 3.8) is 0 Å². The average molecular weight is 555 g/mol. The van der Waals surface area contributed by atoms with E-state index in [1.54, 1.807) is 6.07 Å². The summed E-state index contributed by atoms with van der Waals surface area (Å²) in [6.07, 6.45) is 1.81. The number of carboxylic acid groups (broad SMARTS) is 1. The van der Waals surface area contributed by atoms with Gasteiger partial charge in [-0.05, 0) is 41.7 Å². The van der Waals surface area contributed by atoms with Crippen LogP contribution in [0.1, 0.15) is 42.4 Å². The molecule has 2 atom stereocenters. The number of pyridine rings is 1. The van der Waals surface area contributed by atoms with Gasteiger partial charge in [0.25, 0.3) is 0 Å². The number of hydrogen-bond acceptors (Lipinski definition) is 4. The Labute approximate surface area is 217 Å². The molecule has 1 saturated carbocycles. The summed E-state index contributed by atoms with van der Waals surface area (Å²) in [5.74, 6) is -0.161. The number of carbonyl (C=O) groups is 1. The minimum atomic E-state index is -0.803. The molecule has 1 N–H and O–H groups in total. The normalized spacial score (nSPS) is 18.5. The Bertz CT molecular complexity index is 1410. The maximum atomic E-state index is 12.0. The zero-order valence-electron chi connectivity index (χ0n) is 19.6. The van der Waals surface area contributed by atoms with Crippen molar-refractivity contribution in [1.29, 1.82) is 0 Å². The summed E-state index contributed by atoms with van der Waals surface area (Å²) in [5, 5.41) is 10.3. The number of aliphatic carboxylic acids is 1. The van der Waals surface area contributed by atoms with E-state index in [4.69, 9.17) is 21.3 Å². The first-order chi connectivity index (χ1) is 16.6. The number of halogens is 2. The van der Waals surface area contributed by atoms with Crippen LogP contribution in [0, 0.1) is 18.3 Å². The highest BCUT2D eigenvalue weighted by atomic mass is 79.9. The summed E-state index contributed by atoms with van der Waals surface area (Å²) in [6, 6.07) is 15.7. The molecule has 2 aromatic heterocycles. The number of aryl methyl sites for hydroxylation is 1. The summed E-state index contributed by atoms with van der Waals surface area (Å²) < 4.78 is 9.11. The van der Waals surface area contributed by atoms with Crippen LogP contribution >= 0.6 is 27.5 Å². The van der Waals surface area contributed by atoms with Crippen LogP contribution in [0.5, 0.6) is 5.75 Å². The minimum Gasteiger partial charge on any atom is -0.487 e. The first-order valence-corrected chi connectivity index (χ1v) is 12.5. The van der Waals surface area contributed by atoms with Gasteiger partial charge < -0.3 is 14.4 Å². The van der Waals surface area contributed by atoms with Crippen molar-refractivity contribution < 1.29 is 14.6 Å². The number of ether oxygens (including phenoxy) is 1. The fourth-order valence-corrected chi connectivity index (χ4v) is 5.27. The monoisotopic (exact) mass is 553 g/mol. The Morgan fingerprint density at radius 3 is 2.57 bits per heavy atom. The van der Waals surface area contributed by atoms with Crippen LogP contribution in [-0.2, 0) is 17.9 Å². The standard InChI is InChI=1S/C27H25BrClN3O3/c1-15-4-9-18(30-12-15)14-35-19-10-20(29)24-21(11-19)32(13-16-5-7-17(28)8-6-16)25(31-24)22-23(26(33)34)27(22,2)3/h4-12,22-23H,13-14H2,1-3H3,(H,33,34)/t22-,23+/m1/s1. The van der Waals surface area contributed by atoms with Crippen LogP contribution in [0.2, 0.25) is 5.02 Å². The van der Waals surface area contributed by atoms with E-state index in [-0.39, 0.29) is 5.92 Å². The molecule has 8 heteroatoms. The number of fused-ring (bicyclic) bond motifs is 1. The molecule has 0 unspecified atom stereocenters. The molecule has 1 fully saturated rings. The van der Waals surface area contributed by atoms with Crippen LogP contribution < -0.4 is 4.74 Å². The summed E-state index contributed by atoms with van der Waals surface area (Å²) >= 11 is 10.2. The van der Waals surface area contributed by atoms with Gasteiger partial charge in [-0.1, -0.05) is 59.6 Å². The lowest BCUT2D eigenvalue weighted by Crippen LogP contribution is -2.07. The molecule has 0 saturated heterocycles. The Morgan fingerprint density at radius 1 is 1.20 bits per heavy atom. The molecular weight excluding hydrogens is 530 g/mol. The van der Waals surface area contributed by atoms with Gasteiger partial charge in [0.1, 0.15) is 23.7 Å². The van der Waals surface area contributed by atoms with Gasteiger partial charge in [-0.15, -0.1) is 0 Å². The van der Waals surface area contributed by atoms with Crippen molar-refractivity contribution in [1.82, 2.24) is 14.5 Å². The van der Waals surface area contributed by atoms with Crippen molar-refractivity contribution in [2.75, 3.05) is 0 Å². The number of hydrogen-bond donors (Lipinski definition) is 1.